The van der Waals surface area contributed by atoms with Crippen molar-refractivity contribution in [1.29, 1.82) is 0 Å². The second kappa shape index (κ2) is 10.1. The van der Waals surface area contributed by atoms with Gasteiger partial charge >= 0.3 is 0 Å². The van der Waals surface area contributed by atoms with Crippen molar-refractivity contribution >= 4 is 53.4 Å². The Balaban J connectivity index is 0.00000200. The number of carbonyl (C=O) groups excluding carboxylic acids is 1. The standard InChI is InChI=1S/C13H17N3OS2.2ClH/c1-3-14-6-7-15-12(17)11-9(2)16-13(19-11)10-5-4-8-18-10;;/h4-5,8,14H,3,6-7H2,1-2H3,(H,15,17);2*1H. The number of aryl methyl sites for hydroxylation is 1. The van der Waals surface area contributed by atoms with Crippen molar-refractivity contribution in [1.82, 2.24) is 15.6 Å². The zero-order valence-electron chi connectivity index (χ0n) is 11.8. The number of thiazole rings is 1. The first-order chi connectivity index (χ1) is 9.22. The predicted molar refractivity (Wildman–Crippen MR) is 95.5 cm³/mol. The molecule has 4 nitrogen and oxygen atoms in total. The van der Waals surface area contributed by atoms with Crippen LogP contribution in [0.5, 0.6) is 0 Å². The lowest BCUT2D eigenvalue weighted by Crippen LogP contribution is -2.31. The van der Waals surface area contributed by atoms with Crippen LogP contribution in [-0.4, -0.2) is 30.5 Å². The van der Waals surface area contributed by atoms with Crippen LogP contribution in [0.2, 0.25) is 0 Å². The number of hydrogen-bond acceptors (Lipinski definition) is 5. The van der Waals surface area contributed by atoms with E-state index in [-0.39, 0.29) is 30.7 Å². The average Bonchev–Trinajstić information content (AvgIpc) is 3.03. The topological polar surface area (TPSA) is 54.0 Å². The largest absolute Gasteiger partial charge is 0.350 e. The fraction of sp³-hybridized carbons (Fsp3) is 0.385. The van der Waals surface area contributed by atoms with Crippen LogP contribution in [0, 0.1) is 6.92 Å². The summed E-state index contributed by atoms with van der Waals surface area (Å²) in [6, 6.07) is 4.02. The lowest BCUT2D eigenvalue weighted by molar-refractivity contribution is 0.0957. The van der Waals surface area contributed by atoms with Gasteiger partial charge in [-0.05, 0) is 24.9 Å². The molecule has 0 aliphatic carbocycles. The van der Waals surface area contributed by atoms with Crippen molar-refractivity contribution in [3.8, 4) is 9.88 Å². The predicted octanol–water partition coefficient (Wildman–Crippen LogP) is 3.36. The van der Waals surface area contributed by atoms with Crippen molar-refractivity contribution in [2.24, 2.45) is 0 Å². The van der Waals surface area contributed by atoms with Gasteiger partial charge in [0, 0.05) is 13.1 Å². The van der Waals surface area contributed by atoms with E-state index in [4.69, 9.17) is 0 Å². The first-order valence-electron chi connectivity index (χ1n) is 6.22. The summed E-state index contributed by atoms with van der Waals surface area (Å²) >= 11 is 3.10. The molecule has 0 saturated carbocycles. The van der Waals surface area contributed by atoms with E-state index in [2.05, 4.69) is 15.6 Å². The summed E-state index contributed by atoms with van der Waals surface area (Å²) in [5.74, 6) is -0.0318. The number of thiophene rings is 1. The minimum absolute atomic E-state index is 0. The van der Waals surface area contributed by atoms with Crippen LogP contribution in [0.3, 0.4) is 0 Å². The highest BCUT2D eigenvalue weighted by Gasteiger charge is 2.16. The highest BCUT2D eigenvalue weighted by atomic mass is 35.5. The molecule has 0 saturated heterocycles. The van der Waals surface area contributed by atoms with Crippen LogP contribution in [-0.2, 0) is 0 Å². The number of nitrogens with one attached hydrogen (secondary N) is 2. The number of carbonyl (C=O) groups is 1. The summed E-state index contributed by atoms with van der Waals surface area (Å²) in [7, 11) is 0. The summed E-state index contributed by atoms with van der Waals surface area (Å²) in [5, 5.41) is 9.01. The molecule has 118 valence electrons. The fourth-order valence-corrected chi connectivity index (χ4v) is 3.41. The molecule has 0 aliphatic heterocycles. The number of rotatable bonds is 6. The van der Waals surface area contributed by atoms with E-state index in [1.165, 1.54) is 11.3 Å². The van der Waals surface area contributed by atoms with Crippen LogP contribution in [0.25, 0.3) is 9.88 Å². The van der Waals surface area contributed by atoms with E-state index in [0.29, 0.717) is 11.4 Å². The number of hydrogen-bond donors (Lipinski definition) is 2. The third-order valence-electron chi connectivity index (χ3n) is 2.57. The van der Waals surface area contributed by atoms with Gasteiger partial charge < -0.3 is 10.6 Å². The normalized spacial score (nSPS) is 9.62. The molecular formula is C13H19Cl2N3OS2. The van der Waals surface area contributed by atoms with E-state index in [1.807, 2.05) is 31.4 Å². The number of amides is 1. The molecule has 0 bridgehead atoms. The number of halogens is 2. The lowest BCUT2D eigenvalue weighted by Gasteiger charge is -2.03. The first kappa shape index (κ1) is 20.3. The summed E-state index contributed by atoms with van der Waals surface area (Å²) in [6.45, 7) is 6.27. The van der Waals surface area contributed by atoms with Gasteiger partial charge in [-0.1, -0.05) is 13.0 Å². The van der Waals surface area contributed by atoms with Gasteiger partial charge in [0.1, 0.15) is 9.88 Å². The van der Waals surface area contributed by atoms with Gasteiger partial charge in [-0.15, -0.1) is 47.5 Å². The third kappa shape index (κ3) is 5.56. The molecule has 0 aromatic carbocycles. The smallest absolute Gasteiger partial charge is 0.263 e. The molecule has 2 heterocycles. The Kier molecular flexibility index (Phi) is 9.81. The Hall–Kier alpha value is -0.660. The Morgan fingerprint density at radius 2 is 2.10 bits per heavy atom. The van der Waals surface area contributed by atoms with Crippen LogP contribution in [0.4, 0.5) is 0 Å². The number of likely N-dealkylation sites (N-methyl/N-ethyl adjacent to an activating group) is 1. The number of aromatic nitrogens is 1. The Labute approximate surface area is 145 Å². The van der Waals surface area contributed by atoms with Crippen LogP contribution in [0.1, 0.15) is 22.3 Å². The van der Waals surface area contributed by atoms with Crippen molar-refractivity contribution < 1.29 is 4.79 Å². The molecule has 0 atom stereocenters. The van der Waals surface area contributed by atoms with Gasteiger partial charge in [-0.2, -0.15) is 0 Å². The van der Waals surface area contributed by atoms with Crippen molar-refractivity contribution in [3.63, 3.8) is 0 Å². The molecule has 2 rings (SSSR count). The van der Waals surface area contributed by atoms with Crippen LogP contribution < -0.4 is 10.6 Å². The number of nitrogens with zero attached hydrogens (tertiary/aromatic N) is 1. The highest BCUT2D eigenvalue weighted by molar-refractivity contribution is 7.22. The van der Waals surface area contributed by atoms with Gasteiger partial charge in [0.05, 0.1) is 10.6 Å². The van der Waals surface area contributed by atoms with Crippen LogP contribution >= 0.6 is 47.5 Å². The molecule has 0 spiro atoms. The minimum Gasteiger partial charge on any atom is -0.350 e. The summed E-state index contributed by atoms with van der Waals surface area (Å²) in [4.78, 5) is 18.3. The van der Waals surface area contributed by atoms with Crippen LogP contribution in [0.15, 0.2) is 17.5 Å². The second-order valence-electron chi connectivity index (χ2n) is 4.02. The Bertz CT molecular complexity index is 544. The molecule has 0 unspecified atom stereocenters. The minimum atomic E-state index is -0.0318. The molecule has 21 heavy (non-hydrogen) atoms. The summed E-state index contributed by atoms with van der Waals surface area (Å²) in [6.07, 6.45) is 0. The molecule has 1 amide bonds. The van der Waals surface area contributed by atoms with E-state index in [9.17, 15) is 4.79 Å². The van der Waals surface area contributed by atoms with Gasteiger partial charge in [0.2, 0.25) is 0 Å². The fourth-order valence-electron chi connectivity index (χ4n) is 1.63. The van der Waals surface area contributed by atoms with E-state index >= 15 is 0 Å². The van der Waals surface area contributed by atoms with Gasteiger partial charge in [-0.25, -0.2) is 4.98 Å². The highest BCUT2D eigenvalue weighted by Crippen LogP contribution is 2.30. The monoisotopic (exact) mass is 367 g/mol. The molecule has 0 fully saturated rings. The molecule has 2 aromatic rings. The second-order valence-corrected chi connectivity index (χ2v) is 5.97. The molecular weight excluding hydrogens is 349 g/mol. The zero-order chi connectivity index (χ0) is 13.7. The Morgan fingerprint density at radius 1 is 1.33 bits per heavy atom. The maximum absolute atomic E-state index is 12.0. The maximum Gasteiger partial charge on any atom is 0.263 e. The third-order valence-corrected chi connectivity index (χ3v) is 4.77. The molecule has 2 N–H and O–H groups in total. The SMILES string of the molecule is CCNCCNC(=O)c1sc(-c2cccs2)nc1C.Cl.Cl. The van der Waals surface area contributed by atoms with Crippen molar-refractivity contribution in [2.45, 2.75) is 13.8 Å². The van der Waals surface area contributed by atoms with E-state index in [1.54, 1.807) is 11.3 Å². The average molecular weight is 368 g/mol. The van der Waals surface area contributed by atoms with Crippen molar-refractivity contribution in [3.05, 3.63) is 28.1 Å². The molecule has 2 aromatic heterocycles. The van der Waals surface area contributed by atoms with Crippen molar-refractivity contribution in [2.75, 3.05) is 19.6 Å². The van der Waals surface area contributed by atoms with E-state index in [0.717, 1.165) is 28.7 Å². The molecule has 0 radical (unpaired) electrons. The first-order valence-corrected chi connectivity index (χ1v) is 7.92. The molecule has 0 aliphatic rings. The van der Waals surface area contributed by atoms with Gasteiger partial charge in [0.15, 0.2) is 0 Å². The zero-order valence-corrected chi connectivity index (χ0v) is 15.1. The van der Waals surface area contributed by atoms with E-state index < -0.39 is 0 Å². The quantitative estimate of drug-likeness (QED) is 0.769. The lowest BCUT2D eigenvalue weighted by atomic mass is 10.3. The summed E-state index contributed by atoms with van der Waals surface area (Å²) in [5.41, 5.74) is 0.800. The van der Waals surface area contributed by atoms with Gasteiger partial charge in [0.25, 0.3) is 5.91 Å². The Morgan fingerprint density at radius 3 is 2.71 bits per heavy atom. The maximum atomic E-state index is 12.0. The summed E-state index contributed by atoms with van der Waals surface area (Å²) < 4.78 is 0. The van der Waals surface area contributed by atoms with Gasteiger partial charge in [-0.3, -0.25) is 4.79 Å². The molecule has 8 heteroatoms.